The van der Waals surface area contributed by atoms with Crippen LogP contribution in [0, 0.1) is 0 Å². The van der Waals surface area contributed by atoms with Crippen LogP contribution in [0.4, 0.5) is 19.1 Å². The molecule has 4 aromatic rings. The second-order valence-corrected chi connectivity index (χ2v) is 6.58. The fourth-order valence-corrected chi connectivity index (χ4v) is 3.04. The van der Waals surface area contributed by atoms with Gasteiger partial charge in [-0.3, -0.25) is 15.1 Å². The summed E-state index contributed by atoms with van der Waals surface area (Å²) >= 11 is 5.69. The number of benzene rings is 2. The second kappa shape index (κ2) is 7.68. The van der Waals surface area contributed by atoms with Crippen LogP contribution < -0.4 is 10.1 Å². The molecule has 30 heavy (non-hydrogen) atoms. The van der Waals surface area contributed by atoms with Crippen LogP contribution in [0.2, 0.25) is 5.02 Å². The Balaban J connectivity index is 1.53. The molecule has 1 amide bonds. The molecule has 2 aromatic carbocycles. The first-order chi connectivity index (χ1) is 14.3. The molecule has 152 valence electrons. The van der Waals surface area contributed by atoms with Gasteiger partial charge in [-0.25, -0.2) is 4.98 Å². The third-order valence-electron chi connectivity index (χ3n) is 4.11. The quantitative estimate of drug-likeness (QED) is 0.435. The number of hydrogen-bond donors (Lipinski definition) is 2. The Labute approximate surface area is 172 Å². The molecule has 10 heteroatoms. The van der Waals surface area contributed by atoms with Gasteiger partial charge in [0.25, 0.3) is 5.91 Å². The van der Waals surface area contributed by atoms with Gasteiger partial charge in [-0.05, 0) is 48.5 Å². The van der Waals surface area contributed by atoms with Crippen molar-refractivity contribution in [3.8, 4) is 11.5 Å². The van der Waals surface area contributed by atoms with E-state index in [0.717, 1.165) is 6.07 Å². The first-order valence-electron chi connectivity index (χ1n) is 8.56. The maximum Gasteiger partial charge on any atom is 0.420 e. The summed E-state index contributed by atoms with van der Waals surface area (Å²) < 4.78 is 45.4. The number of pyridine rings is 1. The van der Waals surface area contributed by atoms with E-state index in [1.165, 1.54) is 18.2 Å². The summed E-state index contributed by atoms with van der Waals surface area (Å²) in [5.74, 6) is 0.351. The third-order valence-corrected chi connectivity index (χ3v) is 4.42. The van der Waals surface area contributed by atoms with E-state index in [4.69, 9.17) is 16.3 Å². The second-order valence-electron chi connectivity index (χ2n) is 6.17. The largest absolute Gasteiger partial charge is 0.456 e. The lowest BCUT2D eigenvalue weighted by molar-refractivity contribution is -0.136. The van der Waals surface area contributed by atoms with Crippen molar-refractivity contribution in [2.75, 3.05) is 5.32 Å². The normalized spacial score (nSPS) is 11.5. The molecule has 0 atom stereocenters. The number of hydrogen-bond acceptors (Lipinski definition) is 4. The Morgan fingerprint density at radius 3 is 2.50 bits per heavy atom. The zero-order chi connectivity index (χ0) is 21.3. The molecule has 6 nitrogen and oxygen atoms in total. The molecule has 0 radical (unpaired) electrons. The number of aromatic nitrogens is 3. The monoisotopic (exact) mass is 432 g/mol. The van der Waals surface area contributed by atoms with E-state index in [2.05, 4.69) is 20.3 Å². The van der Waals surface area contributed by atoms with E-state index in [0.29, 0.717) is 11.5 Å². The number of H-pyrrole nitrogens is 1. The van der Waals surface area contributed by atoms with Crippen molar-refractivity contribution in [1.29, 1.82) is 0 Å². The number of nitrogens with zero attached hydrogens (tertiary/aromatic N) is 2. The van der Waals surface area contributed by atoms with E-state index >= 15 is 0 Å². The van der Waals surface area contributed by atoms with Crippen LogP contribution >= 0.6 is 11.6 Å². The number of ether oxygens (including phenoxy) is 1. The van der Waals surface area contributed by atoms with E-state index in [1.807, 2.05) is 0 Å². The highest BCUT2D eigenvalue weighted by Gasteiger charge is 2.36. The van der Waals surface area contributed by atoms with Gasteiger partial charge in [0.1, 0.15) is 22.6 Å². The van der Waals surface area contributed by atoms with E-state index < -0.39 is 22.7 Å². The molecule has 0 saturated carbocycles. The number of alkyl halides is 3. The molecule has 4 rings (SSSR count). The standard InChI is InChI=1S/C20H12ClF3N4O2/c21-14-7-8-15-17(16(14)20(22,23)24)27-19(26-15)28-18(29)11-3-5-12(6-4-11)30-13-2-1-9-25-10-13/h1-10H,(H2,26,27,28,29). The van der Waals surface area contributed by atoms with Crippen molar-refractivity contribution in [2.24, 2.45) is 0 Å². The van der Waals surface area contributed by atoms with Crippen LogP contribution in [-0.2, 0) is 6.18 Å². The number of fused-ring (bicyclic) bond motifs is 1. The van der Waals surface area contributed by atoms with Gasteiger partial charge in [0.15, 0.2) is 0 Å². The summed E-state index contributed by atoms with van der Waals surface area (Å²) in [7, 11) is 0. The van der Waals surface area contributed by atoms with E-state index in [-0.39, 0.29) is 22.5 Å². The minimum atomic E-state index is -4.68. The SMILES string of the molecule is O=C(Nc1nc2c(C(F)(F)F)c(Cl)ccc2[nH]1)c1ccc(Oc2cccnc2)cc1. The summed E-state index contributed by atoms with van der Waals surface area (Å²) in [6.45, 7) is 0. The average molecular weight is 433 g/mol. The highest BCUT2D eigenvalue weighted by Crippen LogP contribution is 2.39. The van der Waals surface area contributed by atoms with Gasteiger partial charge in [0.2, 0.25) is 5.95 Å². The molecule has 0 unspecified atom stereocenters. The Bertz CT molecular complexity index is 1210. The lowest BCUT2D eigenvalue weighted by Crippen LogP contribution is -2.12. The highest BCUT2D eigenvalue weighted by molar-refractivity contribution is 6.32. The number of carbonyl (C=O) groups excluding carboxylic acids is 1. The molecular weight excluding hydrogens is 421 g/mol. The molecule has 2 heterocycles. The molecule has 0 saturated heterocycles. The van der Waals surface area contributed by atoms with Gasteiger partial charge in [-0.2, -0.15) is 13.2 Å². The molecule has 0 bridgehead atoms. The lowest BCUT2D eigenvalue weighted by atomic mass is 10.2. The maximum atomic E-state index is 13.3. The summed E-state index contributed by atoms with van der Waals surface area (Å²) in [5.41, 5.74) is -1.06. The number of halogens is 4. The van der Waals surface area contributed by atoms with Crippen molar-refractivity contribution in [1.82, 2.24) is 15.0 Å². The Morgan fingerprint density at radius 1 is 1.07 bits per heavy atom. The summed E-state index contributed by atoms with van der Waals surface area (Å²) in [6.07, 6.45) is -1.52. The fraction of sp³-hybridized carbons (Fsp3) is 0.0500. The fourth-order valence-electron chi connectivity index (χ4n) is 2.78. The van der Waals surface area contributed by atoms with Gasteiger partial charge >= 0.3 is 6.18 Å². The zero-order valence-electron chi connectivity index (χ0n) is 15.0. The van der Waals surface area contributed by atoms with Crippen LogP contribution in [0.5, 0.6) is 11.5 Å². The van der Waals surface area contributed by atoms with Gasteiger partial charge in [0, 0.05) is 11.8 Å². The average Bonchev–Trinajstić information content (AvgIpc) is 3.10. The Kier molecular flexibility index (Phi) is 5.04. The lowest BCUT2D eigenvalue weighted by Gasteiger charge is -2.08. The highest BCUT2D eigenvalue weighted by atomic mass is 35.5. The molecule has 2 aromatic heterocycles. The summed E-state index contributed by atoms with van der Waals surface area (Å²) in [4.78, 5) is 22.9. The molecule has 0 spiro atoms. The minimum Gasteiger partial charge on any atom is -0.456 e. The first kappa shape index (κ1) is 19.7. The summed E-state index contributed by atoms with van der Waals surface area (Å²) in [5, 5.41) is 1.98. The first-order valence-corrected chi connectivity index (χ1v) is 8.94. The smallest absolute Gasteiger partial charge is 0.420 e. The van der Waals surface area contributed by atoms with Crippen LogP contribution in [-0.4, -0.2) is 20.9 Å². The third kappa shape index (κ3) is 4.06. The number of amides is 1. The van der Waals surface area contributed by atoms with Crippen molar-refractivity contribution in [2.45, 2.75) is 6.18 Å². The Morgan fingerprint density at radius 2 is 1.83 bits per heavy atom. The Hall–Kier alpha value is -3.59. The predicted octanol–water partition coefficient (Wildman–Crippen LogP) is 5.67. The zero-order valence-corrected chi connectivity index (χ0v) is 15.8. The van der Waals surface area contributed by atoms with Gasteiger partial charge in [0.05, 0.1) is 16.7 Å². The van der Waals surface area contributed by atoms with Crippen molar-refractivity contribution in [3.63, 3.8) is 0 Å². The van der Waals surface area contributed by atoms with Gasteiger partial charge in [-0.15, -0.1) is 0 Å². The number of nitrogens with one attached hydrogen (secondary N) is 2. The topological polar surface area (TPSA) is 79.9 Å². The van der Waals surface area contributed by atoms with Crippen LogP contribution in [0.25, 0.3) is 11.0 Å². The maximum absolute atomic E-state index is 13.3. The van der Waals surface area contributed by atoms with E-state index in [9.17, 15) is 18.0 Å². The van der Waals surface area contributed by atoms with Crippen LogP contribution in [0.1, 0.15) is 15.9 Å². The van der Waals surface area contributed by atoms with Crippen LogP contribution in [0.3, 0.4) is 0 Å². The van der Waals surface area contributed by atoms with Crippen molar-refractivity contribution in [3.05, 3.63) is 77.1 Å². The van der Waals surface area contributed by atoms with E-state index in [1.54, 1.807) is 36.7 Å². The number of carbonyl (C=O) groups is 1. The minimum absolute atomic E-state index is 0.0993. The van der Waals surface area contributed by atoms with Crippen molar-refractivity contribution < 1.29 is 22.7 Å². The summed E-state index contributed by atoms with van der Waals surface area (Å²) in [6, 6.07) is 12.1. The van der Waals surface area contributed by atoms with Crippen molar-refractivity contribution >= 4 is 34.5 Å². The molecule has 0 aliphatic heterocycles. The number of imidazole rings is 1. The molecule has 0 aliphatic carbocycles. The number of rotatable bonds is 4. The molecule has 0 aliphatic rings. The predicted molar refractivity (Wildman–Crippen MR) is 105 cm³/mol. The molecule has 0 fully saturated rings. The van der Waals surface area contributed by atoms with Gasteiger partial charge in [-0.1, -0.05) is 11.6 Å². The molecular formula is C20H12ClF3N4O2. The van der Waals surface area contributed by atoms with Gasteiger partial charge < -0.3 is 9.72 Å². The number of aromatic amines is 1. The van der Waals surface area contributed by atoms with Crippen LogP contribution in [0.15, 0.2) is 60.9 Å². The number of anilines is 1. The molecule has 2 N–H and O–H groups in total.